The summed E-state index contributed by atoms with van der Waals surface area (Å²) in [4.78, 5) is 22.1. The molecule has 35 heavy (non-hydrogen) atoms. The Balaban J connectivity index is 1.44. The van der Waals surface area contributed by atoms with Crippen LogP contribution in [0.15, 0.2) is 76.5 Å². The van der Waals surface area contributed by atoms with Gasteiger partial charge in [-0.25, -0.2) is 0 Å². The van der Waals surface area contributed by atoms with Gasteiger partial charge in [0.05, 0.1) is 18.4 Å². The van der Waals surface area contributed by atoms with Gasteiger partial charge in [0.2, 0.25) is 5.88 Å². The fourth-order valence-corrected chi connectivity index (χ4v) is 4.63. The molecule has 1 fully saturated rings. The van der Waals surface area contributed by atoms with Gasteiger partial charge in [0.1, 0.15) is 5.75 Å². The van der Waals surface area contributed by atoms with Gasteiger partial charge in [0, 0.05) is 23.5 Å². The van der Waals surface area contributed by atoms with Crippen molar-refractivity contribution in [2.75, 3.05) is 20.2 Å². The summed E-state index contributed by atoms with van der Waals surface area (Å²) in [5.41, 5.74) is 4.12. The molecule has 0 atom stereocenters. The number of pyridine rings is 1. The van der Waals surface area contributed by atoms with Crippen LogP contribution in [-0.2, 0) is 6.54 Å². The minimum Gasteiger partial charge on any atom is -0.497 e. The summed E-state index contributed by atoms with van der Waals surface area (Å²) in [5, 5.41) is 11.7. The molecule has 1 aliphatic rings. The average Bonchev–Trinajstić information content (AvgIpc) is 2.90. The van der Waals surface area contributed by atoms with Gasteiger partial charge in [-0.2, -0.15) is 0 Å². The SMILES string of the molecule is COc1ccc(-c2ccc3c(=O)[nH]c(O)c(C=Nc4ccc(CN5CCCCC5)cc4)c3c2)cc1. The van der Waals surface area contributed by atoms with Crippen LogP contribution in [0.2, 0.25) is 0 Å². The lowest BCUT2D eigenvalue weighted by molar-refractivity contribution is 0.221. The summed E-state index contributed by atoms with van der Waals surface area (Å²) >= 11 is 0. The monoisotopic (exact) mass is 467 g/mol. The first kappa shape index (κ1) is 22.9. The van der Waals surface area contributed by atoms with E-state index in [4.69, 9.17) is 4.74 Å². The molecule has 4 aromatic rings. The zero-order valence-electron chi connectivity index (χ0n) is 19.8. The number of piperidine rings is 1. The van der Waals surface area contributed by atoms with E-state index < -0.39 is 0 Å². The van der Waals surface area contributed by atoms with Crippen molar-refractivity contribution in [1.29, 1.82) is 0 Å². The van der Waals surface area contributed by atoms with E-state index in [9.17, 15) is 9.90 Å². The van der Waals surface area contributed by atoms with Crippen LogP contribution in [0.3, 0.4) is 0 Å². The van der Waals surface area contributed by atoms with Crippen LogP contribution in [0.5, 0.6) is 11.6 Å². The summed E-state index contributed by atoms with van der Waals surface area (Å²) in [7, 11) is 1.63. The molecule has 0 spiro atoms. The molecule has 0 unspecified atom stereocenters. The number of ether oxygens (including phenoxy) is 1. The van der Waals surface area contributed by atoms with Gasteiger partial charge in [-0.3, -0.25) is 19.7 Å². The second kappa shape index (κ2) is 10.2. The molecule has 178 valence electrons. The average molecular weight is 468 g/mol. The minimum absolute atomic E-state index is 0.195. The fraction of sp³-hybridized carbons (Fsp3) is 0.241. The molecule has 0 aliphatic carbocycles. The summed E-state index contributed by atoms with van der Waals surface area (Å²) in [6, 6.07) is 21.5. The first-order valence-electron chi connectivity index (χ1n) is 12.0. The van der Waals surface area contributed by atoms with E-state index >= 15 is 0 Å². The molecule has 6 nitrogen and oxygen atoms in total. The molecule has 0 bridgehead atoms. The first-order valence-corrected chi connectivity index (χ1v) is 12.0. The van der Waals surface area contributed by atoms with Crippen molar-refractivity contribution in [3.8, 4) is 22.8 Å². The number of hydrogen-bond donors (Lipinski definition) is 2. The van der Waals surface area contributed by atoms with Crippen LogP contribution < -0.4 is 10.3 Å². The van der Waals surface area contributed by atoms with Crippen molar-refractivity contribution in [1.82, 2.24) is 9.88 Å². The quantitative estimate of drug-likeness (QED) is 0.360. The maximum Gasteiger partial charge on any atom is 0.258 e. The predicted molar refractivity (Wildman–Crippen MR) is 141 cm³/mol. The highest BCUT2D eigenvalue weighted by Crippen LogP contribution is 2.29. The number of aromatic nitrogens is 1. The van der Waals surface area contributed by atoms with Gasteiger partial charge in [-0.05, 0) is 79.0 Å². The number of aromatic hydroxyl groups is 1. The van der Waals surface area contributed by atoms with E-state index in [1.165, 1.54) is 24.8 Å². The van der Waals surface area contributed by atoms with Crippen molar-refractivity contribution in [3.05, 3.63) is 88.2 Å². The Morgan fingerprint density at radius 1 is 0.943 bits per heavy atom. The van der Waals surface area contributed by atoms with Crippen LogP contribution in [0.4, 0.5) is 5.69 Å². The number of fused-ring (bicyclic) bond motifs is 1. The highest BCUT2D eigenvalue weighted by molar-refractivity contribution is 6.03. The molecule has 5 rings (SSSR count). The standard InChI is InChI=1S/C29H29N3O3/c1-35-24-12-7-21(8-13-24)22-9-14-25-26(17-22)27(29(34)31-28(25)33)18-30-23-10-5-20(6-11-23)19-32-15-3-2-4-16-32/h5-14,17-18H,2-4,15-16,19H2,1H3,(H2,31,33,34). The van der Waals surface area contributed by atoms with Gasteiger partial charge in [-0.1, -0.05) is 36.8 Å². The first-order chi connectivity index (χ1) is 17.1. The number of hydrogen-bond acceptors (Lipinski definition) is 5. The molecule has 0 saturated carbocycles. The molecule has 1 aromatic heterocycles. The normalized spacial score (nSPS) is 14.5. The third-order valence-electron chi connectivity index (χ3n) is 6.60. The molecule has 2 N–H and O–H groups in total. The second-order valence-corrected chi connectivity index (χ2v) is 8.97. The summed E-state index contributed by atoms with van der Waals surface area (Å²) in [6.07, 6.45) is 5.50. The Hall–Kier alpha value is -3.90. The lowest BCUT2D eigenvalue weighted by Crippen LogP contribution is -2.28. The van der Waals surface area contributed by atoms with E-state index in [1.807, 2.05) is 48.5 Å². The summed E-state index contributed by atoms with van der Waals surface area (Å²) in [5.74, 6) is 0.582. The lowest BCUT2D eigenvalue weighted by Gasteiger charge is -2.26. The number of aromatic amines is 1. The second-order valence-electron chi connectivity index (χ2n) is 8.97. The van der Waals surface area contributed by atoms with Crippen molar-refractivity contribution >= 4 is 22.7 Å². The number of aliphatic imine (C=N–C) groups is 1. The highest BCUT2D eigenvalue weighted by Gasteiger charge is 2.12. The maximum atomic E-state index is 12.5. The Bertz CT molecular complexity index is 1400. The van der Waals surface area contributed by atoms with E-state index in [1.54, 1.807) is 19.4 Å². The van der Waals surface area contributed by atoms with Crippen LogP contribution in [0.25, 0.3) is 21.9 Å². The van der Waals surface area contributed by atoms with Gasteiger partial charge >= 0.3 is 0 Å². The van der Waals surface area contributed by atoms with E-state index in [0.29, 0.717) is 16.3 Å². The third-order valence-corrected chi connectivity index (χ3v) is 6.60. The molecule has 1 saturated heterocycles. The van der Waals surface area contributed by atoms with E-state index in [-0.39, 0.29) is 11.4 Å². The molecular weight excluding hydrogens is 438 g/mol. The summed E-state index contributed by atoms with van der Waals surface area (Å²) in [6.45, 7) is 3.29. The van der Waals surface area contributed by atoms with Crippen molar-refractivity contribution < 1.29 is 9.84 Å². The molecular formula is C29H29N3O3. The topological polar surface area (TPSA) is 77.9 Å². The van der Waals surface area contributed by atoms with E-state index in [0.717, 1.165) is 42.2 Å². The van der Waals surface area contributed by atoms with Crippen molar-refractivity contribution in [2.45, 2.75) is 25.8 Å². The van der Waals surface area contributed by atoms with Crippen molar-refractivity contribution in [3.63, 3.8) is 0 Å². The minimum atomic E-state index is -0.335. The maximum absolute atomic E-state index is 12.5. The largest absolute Gasteiger partial charge is 0.497 e. The van der Waals surface area contributed by atoms with Crippen LogP contribution in [0.1, 0.15) is 30.4 Å². The third kappa shape index (κ3) is 5.12. The van der Waals surface area contributed by atoms with Gasteiger partial charge < -0.3 is 9.84 Å². The van der Waals surface area contributed by atoms with Crippen LogP contribution in [-0.4, -0.2) is 41.4 Å². The number of methoxy groups -OCH3 is 1. The summed E-state index contributed by atoms with van der Waals surface area (Å²) < 4.78 is 5.25. The number of rotatable bonds is 6. The Kier molecular flexibility index (Phi) is 6.64. The van der Waals surface area contributed by atoms with Gasteiger partial charge in [0.25, 0.3) is 5.56 Å². The van der Waals surface area contributed by atoms with E-state index in [2.05, 4.69) is 27.0 Å². The Morgan fingerprint density at radius 3 is 2.37 bits per heavy atom. The molecule has 0 amide bonds. The number of benzene rings is 3. The lowest BCUT2D eigenvalue weighted by atomic mass is 9.99. The number of nitrogens with zero attached hydrogens (tertiary/aromatic N) is 2. The fourth-order valence-electron chi connectivity index (χ4n) is 4.63. The van der Waals surface area contributed by atoms with Gasteiger partial charge in [-0.15, -0.1) is 0 Å². The molecule has 3 aromatic carbocycles. The van der Waals surface area contributed by atoms with Crippen LogP contribution in [0, 0.1) is 0 Å². The van der Waals surface area contributed by atoms with Crippen LogP contribution >= 0.6 is 0 Å². The molecule has 0 radical (unpaired) electrons. The molecule has 6 heteroatoms. The number of likely N-dealkylation sites (tertiary alicyclic amines) is 1. The zero-order chi connectivity index (χ0) is 24.2. The molecule has 1 aliphatic heterocycles. The Labute approximate surface area is 204 Å². The highest BCUT2D eigenvalue weighted by atomic mass is 16.5. The number of H-pyrrole nitrogens is 1. The molecule has 2 heterocycles. The smallest absolute Gasteiger partial charge is 0.258 e. The Morgan fingerprint density at radius 2 is 1.66 bits per heavy atom. The van der Waals surface area contributed by atoms with Crippen molar-refractivity contribution in [2.24, 2.45) is 4.99 Å². The zero-order valence-corrected chi connectivity index (χ0v) is 19.8. The predicted octanol–water partition coefficient (Wildman–Crippen LogP) is 5.65. The number of nitrogens with one attached hydrogen (secondary N) is 1. The van der Waals surface area contributed by atoms with Gasteiger partial charge in [0.15, 0.2) is 0 Å².